The minimum atomic E-state index is -2.44. The molecule has 7 spiro atoms. The molecule has 9 N–H and O–H groups in total. The van der Waals surface area contributed by atoms with Crippen LogP contribution in [-0.2, 0) is 23.0 Å². The van der Waals surface area contributed by atoms with Gasteiger partial charge in [0.1, 0.15) is 29.5 Å². The van der Waals surface area contributed by atoms with Crippen molar-refractivity contribution >= 4 is 33.7 Å². The zero-order valence-corrected chi connectivity index (χ0v) is 45.9. The zero-order valence-electron chi connectivity index (χ0n) is 45.9. The quantitative estimate of drug-likeness (QED) is 0.0692. The molecule has 81 heavy (non-hydrogen) atoms. The number of aromatic nitrogens is 4. The van der Waals surface area contributed by atoms with Crippen molar-refractivity contribution in [2.24, 2.45) is 33.5 Å². The Balaban J connectivity index is 0.987. The third kappa shape index (κ3) is 5.65. The molecule has 1 saturated heterocycles. The molecule has 5 aromatic rings. The Morgan fingerprint density at radius 1 is 0.778 bits per heavy atom. The van der Waals surface area contributed by atoms with Crippen molar-refractivity contribution in [3.8, 4) is 11.5 Å². The number of carbonyl (C=O) groups excluding carboxylic acids is 2. The van der Waals surface area contributed by atoms with Crippen molar-refractivity contribution in [1.82, 2.24) is 19.9 Å². The van der Waals surface area contributed by atoms with Gasteiger partial charge in [-0.1, -0.05) is 37.7 Å². The molecule has 2 aromatic carbocycles. The Labute approximate surface area is 469 Å². The van der Waals surface area contributed by atoms with E-state index < -0.39 is 69.7 Å². The molecule has 14 aliphatic rings. The lowest BCUT2D eigenvalue weighted by Crippen LogP contribution is -2.79. The SMILES string of the molecule is Cc1cc(O)c2c(c1)C(=O)c1c(c3cc4c(nccc14)NC[C@@H](O)[C@@]14CC5(CCCC5)C[C@@H]1c1c([nH]c5c1CC[C@H]1CCC[C@@H]6CCc7[nH]cnc7[C@@]561)C1=C[C@@]5(O3)O[C@@]3(C1=C4C[C@@]1(CCC4(CCCC4)C1)[C@@H]3O)[C@@H](O)[C@H](O)[C@H]5O)C2=O. The first-order chi connectivity index (χ1) is 39.1. The van der Waals surface area contributed by atoms with E-state index in [2.05, 4.69) is 15.3 Å². The summed E-state index contributed by atoms with van der Waals surface area (Å²) in [7, 11) is 0. The van der Waals surface area contributed by atoms with E-state index in [1.165, 1.54) is 17.3 Å². The molecule has 0 radical (unpaired) electrons. The molecule has 0 amide bonds. The van der Waals surface area contributed by atoms with Gasteiger partial charge in [-0.2, -0.15) is 0 Å². The number of ketones is 2. The van der Waals surface area contributed by atoms with Gasteiger partial charge in [-0.3, -0.25) is 9.59 Å². The van der Waals surface area contributed by atoms with Crippen LogP contribution in [0, 0.1) is 40.4 Å². The molecule has 19 rings (SSSR count). The zero-order chi connectivity index (χ0) is 54.7. The van der Waals surface area contributed by atoms with E-state index in [-0.39, 0.29) is 57.0 Å². The minimum Gasteiger partial charge on any atom is -0.507 e. The lowest BCUT2D eigenvalue weighted by Gasteiger charge is -2.64. The number of hydrogen-bond acceptors (Lipinski definition) is 13. The molecular weight excluding hydrogens is 1020 g/mol. The van der Waals surface area contributed by atoms with Crippen LogP contribution < -0.4 is 10.1 Å². The lowest BCUT2D eigenvalue weighted by molar-refractivity contribution is -0.366. The minimum absolute atomic E-state index is 0.00709. The van der Waals surface area contributed by atoms with Gasteiger partial charge >= 0.3 is 0 Å². The maximum Gasteiger partial charge on any atom is 0.261 e. The topological polar surface area (TPSA) is 243 Å². The van der Waals surface area contributed by atoms with Gasteiger partial charge < -0.3 is 55.4 Å². The number of carbonyl (C=O) groups is 2. The first-order valence-electron chi connectivity index (χ1n) is 30.8. The fraction of sp³-hybridized carbons (Fsp3) is 0.576. The van der Waals surface area contributed by atoms with Crippen LogP contribution >= 0.6 is 0 Å². The van der Waals surface area contributed by atoms with Crippen molar-refractivity contribution in [2.75, 3.05) is 11.9 Å². The number of rotatable bonds is 0. The Bertz CT molecular complexity index is 3760. The van der Waals surface area contributed by atoms with Gasteiger partial charge in [-0.25, -0.2) is 9.97 Å². The van der Waals surface area contributed by atoms with E-state index >= 15 is 9.59 Å². The number of nitrogens with zero attached hydrogens (tertiary/aromatic N) is 2. The summed E-state index contributed by atoms with van der Waals surface area (Å²) in [4.78, 5) is 48.9. The summed E-state index contributed by atoms with van der Waals surface area (Å²) in [5.74, 6) is -3.47. The van der Waals surface area contributed by atoms with Crippen molar-refractivity contribution in [3.05, 3.63) is 116 Å². The smallest absolute Gasteiger partial charge is 0.261 e. The molecule has 5 saturated carbocycles. The highest BCUT2D eigenvalue weighted by Gasteiger charge is 2.77. The van der Waals surface area contributed by atoms with E-state index in [0.29, 0.717) is 70.8 Å². The van der Waals surface area contributed by atoms with E-state index in [4.69, 9.17) is 19.4 Å². The van der Waals surface area contributed by atoms with Gasteiger partial charge in [0, 0.05) is 62.7 Å². The van der Waals surface area contributed by atoms with Crippen molar-refractivity contribution in [2.45, 2.75) is 195 Å². The number of H-pyrrole nitrogens is 2. The van der Waals surface area contributed by atoms with Crippen molar-refractivity contribution in [3.63, 3.8) is 0 Å². The summed E-state index contributed by atoms with van der Waals surface area (Å²) in [6.07, 6.45) is 16.3. The van der Waals surface area contributed by atoms with Crippen LogP contribution in [-0.4, -0.2) is 111 Å². The number of fused-ring (bicyclic) bond motifs is 10. The molecule has 15 nitrogen and oxygen atoms in total. The first-order valence-corrected chi connectivity index (χ1v) is 30.8. The highest BCUT2D eigenvalue weighted by atomic mass is 16.7. The van der Waals surface area contributed by atoms with Crippen LogP contribution in [0.15, 0.2) is 54.0 Å². The number of pyridine rings is 1. The van der Waals surface area contributed by atoms with Crippen LogP contribution in [0.2, 0.25) is 0 Å². The predicted molar refractivity (Wildman–Crippen MR) is 297 cm³/mol. The molecule has 4 aliphatic heterocycles. The number of aliphatic hydroxyl groups is 5. The maximum absolute atomic E-state index is 15.5. The monoisotopic (exact) mass is 1090 g/mol. The van der Waals surface area contributed by atoms with Gasteiger partial charge in [-0.05, 0) is 196 Å². The number of aliphatic hydroxyl groups excluding tert-OH is 5. The fourth-order valence-electron chi connectivity index (χ4n) is 22.1. The number of anilines is 1. The maximum atomic E-state index is 15.5. The number of phenolic OH excluding ortho intramolecular Hbond substituents is 1. The summed E-state index contributed by atoms with van der Waals surface area (Å²) >= 11 is 0. The summed E-state index contributed by atoms with van der Waals surface area (Å²) in [6.45, 7) is 1.79. The number of aryl methyl sites for hydroxylation is 2. The number of aromatic hydroxyl groups is 1. The number of phenols is 1. The normalized spacial score (nSPS) is 39.4. The van der Waals surface area contributed by atoms with Gasteiger partial charge in [-0.15, -0.1) is 0 Å². The molecule has 6 fully saturated rings. The third-order valence-corrected chi connectivity index (χ3v) is 25.1. The van der Waals surface area contributed by atoms with E-state index in [0.717, 1.165) is 137 Å². The summed E-state index contributed by atoms with van der Waals surface area (Å²) < 4.78 is 15.2. The molecule has 15 heteroatoms. The molecule has 13 atom stereocenters. The molecule has 8 bridgehead atoms. The molecule has 10 aliphatic carbocycles. The molecule has 420 valence electrons. The lowest BCUT2D eigenvalue weighted by atomic mass is 9.49. The van der Waals surface area contributed by atoms with Crippen LogP contribution in [0.1, 0.15) is 199 Å². The second-order valence-electron chi connectivity index (χ2n) is 28.4. The van der Waals surface area contributed by atoms with Crippen molar-refractivity contribution in [1.29, 1.82) is 0 Å². The Hall–Kier alpha value is -5.68. The first kappa shape index (κ1) is 48.8. The van der Waals surface area contributed by atoms with E-state index in [1.807, 2.05) is 6.33 Å². The highest BCUT2D eigenvalue weighted by molar-refractivity contribution is 6.34. The van der Waals surface area contributed by atoms with Crippen LogP contribution in [0.25, 0.3) is 16.3 Å². The van der Waals surface area contributed by atoms with Gasteiger partial charge in [0.2, 0.25) is 5.78 Å². The summed E-state index contributed by atoms with van der Waals surface area (Å²) in [5.41, 5.74) is 4.33. The second-order valence-corrected chi connectivity index (χ2v) is 28.4. The van der Waals surface area contributed by atoms with Crippen molar-refractivity contribution < 1.29 is 49.7 Å². The molecule has 7 heterocycles. The van der Waals surface area contributed by atoms with E-state index in [1.54, 1.807) is 37.4 Å². The van der Waals surface area contributed by atoms with Gasteiger partial charge in [0.05, 0.1) is 40.8 Å². The Morgan fingerprint density at radius 3 is 2.36 bits per heavy atom. The number of nitrogens with one attached hydrogen (secondary N) is 3. The third-order valence-electron chi connectivity index (χ3n) is 25.1. The van der Waals surface area contributed by atoms with Crippen LogP contribution in [0.4, 0.5) is 5.82 Å². The number of benzene rings is 2. The fourth-order valence-corrected chi connectivity index (χ4v) is 22.1. The van der Waals surface area contributed by atoms with Crippen LogP contribution in [0.3, 0.4) is 0 Å². The molecular formula is C66H71N5O10. The summed E-state index contributed by atoms with van der Waals surface area (Å²) in [5, 5.41) is 84.6. The predicted octanol–water partition coefficient (Wildman–Crippen LogP) is 8.71. The molecule has 0 unspecified atom stereocenters. The largest absolute Gasteiger partial charge is 0.507 e. The average molecular weight is 1090 g/mol. The van der Waals surface area contributed by atoms with Gasteiger partial charge in [0.25, 0.3) is 5.79 Å². The standard InChI is InChI=1S/C66H71N5O10/c1-31-21-37-46(42(72)22-31)52(75)48-43-23-36-34(47(48)51(37)74)13-20-67-58(36)68-27-44(73)63-29-61(16-4-5-17-61)25-39(63)45-35-11-9-32-7-6-8-33-10-12-41-55(70-30-69-41)65(32,33)54(35)71-50(45)38-24-64(80-43)56(77)53(76)57(78)66(81-64)49(38)40(63)26-62(59(66)79)19-18-60(28-62)14-2-3-15-60/h13,20-24,30,32-33,39,44,53,56-57,59,71-73,76-79H,2-12,14-19,25-29H2,1H3,(H,67,68)(H,69,70)/t32-,33-,39-,44-,53-,56-,57+,59+,62-,63+,64-,65-,66+/m1/s1. The molecule has 3 aromatic heterocycles. The van der Waals surface area contributed by atoms with Gasteiger partial charge in [0.15, 0.2) is 17.5 Å². The number of imidazole rings is 1. The summed E-state index contributed by atoms with van der Waals surface area (Å²) in [6, 6.07) is 6.34. The number of ether oxygens (including phenoxy) is 2. The Kier molecular flexibility index (Phi) is 9.49. The average Bonchev–Trinajstić information content (AvgIpc) is 1.72. The number of hydrogen-bond donors (Lipinski definition) is 9. The Morgan fingerprint density at radius 2 is 1.56 bits per heavy atom. The number of aromatic amines is 2. The second kappa shape index (κ2) is 15.7. The highest BCUT2D eigenvalue weighted by Crippen LogP contribution is 2.77. The van der Waals surface area contributed by atoms with Crippen LogP contribution in [0.5, 0.6) is 11.5 Å². The van der Waals surface area contributed by atoms with E-state index in [9.17, 15) is 30.6 Å².